The number of hydrogen-bond acceptors (Lipinski definition) is 5. The van der Waals surface area contributed by atoms with Crippen LogP contribution in [0.4, 0.5) is 5.95 Å². The number of allylic oxidation sites excluding steroid dienone is 2. The fourth-order valence-electron chi connectivity index (χ4n) is 3.82. The molecule has 1 N–H and O–H groups in total. The maximum Gasteiger partial charge on any atom is 0.227 e. The van der Waals surface area contributed by atoms with Gasteiger partial charge in [-0.25, -0.2) is 4.68 Å². The van der Waals surface area contributed by atoms with Crippen molar-refractivity contribution in [2.45, 2.75) is 38.4 Å². The summed E-state index contributed by atoms with van der Waals surface area (Å²) in [5, 5.41) is 9.40. The first-order valence-corrected chi connectivity index (χ1v) is 10.1. The molecule has 0 radical (unpaired) electrons. The number of thioether (sulfide) groups is 1. The molecule has 1 aliphatic carbocycles. The summed E-state index contributed by atoms with van der Waals surface area (Å²) in [6.07, 6.45) is 2.68. The van der Waals surface area contributed by atoms with E-state index < -0.39 is 0 Å². The highest BCUT2D eigenvalue weighted by Gasteiger charge is 2.45. The fourth-order valence-corrected chi connectivity index (χ4v) is 4.58. The number of Topliss-reactive ketones (excluding diaryl/α,β-unsaturated/α-hetero) is 1. The lowest BCUT2D eigenvalue weighted by atomic mass is 9.72. The van der Waals surface area contributed by atoms with Crippen molar-refractivity contribution in [1.82, 2.24) is 14.8 Å². The maximum absolute atomic E-state index is 13.1. The lowest BCUT2D eigenvalue weighted by Gasteiger charge is -2.40. The summed E-state index contributed by atoms with van der Waals surface area (Å²) in [7, 11) is 0. The molecule has 2 aliphatic rings. The van der Waals surface area contributed by atoms with Gasteiger partial charge in [0.05, 0.1) is 12.0 Å². The van der Waals surface area contributed by atoms with E-state index in [1.54, 1.807) is 11.8 Å². The minimum atomic E-state index is -0.296. The Morgan fingerprint density at radius 2 is 2.23 bits per heavy atom. The van der Waals surface area contributed by atoms with Gasteiger partial charge in [-0.15, -0.1) is 5.10 Å². The number of anilines is 1. The first kappa shape index (κ1) is 17.6. The predicted octanol–water partition coefficient (Wildman–Crippen LogP) is 4.56. The molecule has 1 aromatic carbocycles. The number of nitrogens with one attached hydrogen (secondary N) is 1. The number of benzene rings is 1. The first-order chi connectivity index (χ1) is 12.4. The van der Waals surface area contributed by atoms with Gasteiger partial charge in [-0.3, -0.25) is 4.79 Å². The van der Waals surface area contributed by atoms with Gasteiger partial charge >= 0.3 is 0 Å². The van der Waals surface area contributed by atoms with Crippen LogP contribution in [-0.2, 0) is 4.79 Å². The molecule has 2 atom stereocenters. The molecule has 4 rings (SSSR count). The van der Waals surface area contributed by atoms with E-state index in [-0.39, 0.29) is 23.2 Å². The highest BCUT2D eigenvalue weighted by Crippen LogP contribution is 2.45. The molecule has 2 heterocycles. The molecule has 0 saturated heterocycles. The Bertz CT molecular complexity index is 905. The van der Waals surface area contributed by atoms with E-state index in [2.05, 4.69) is 42.2 Å². The third-order valence-electron chi connectivity index (χ3n) is 4.77. The van der Waals surface area contributed by atoms with Crippen LogP contribution in [-0.4, -0.2) is 26.3 Å². The maximum atomic E-state index is 13.1. The van der Waals surface area contributed by atoms with Crippen LogP contribution in [0.5, 0.6) is 0 Å². The van der Waals surface area contributed by atoms with E-state index >= 15 is 0 Å². The van der Waals surface area contributed by atoms with E-state index in [1.807, 2.05) is 28.9 Å². The number of ketones is 1. The summed E-state index contributed by atoms with van der Waals surface area (Å²) < 4.78 is 1.85. The SMILES string of the molecule is CCSc1nc2n(n1)[C@H](c1cccc(Cl)c1)[C@@H]1C(=O)CC(C)(C)C=C1N2. The van der Waals surface area contributed by atoms with Crippen LogP contribution >= 0.6 is 23.4 Å². The average Bonchev–Trinajstić information content (AvgIpc) is 2.94. The molecule has 0 saturated carbocycles. The molecule has 1 aliphatic heterocycles. The average molecular weight is 389 g/mol. The smallest absolute Gasteiger partial charge is 0.227 e. The first-order valence-electron chi connectivity index (χ1n) is 8.75. The third-order valence-corrected chi connectivity index (χ3v) is 5.72. The summed E-state index contributed by atoms with van der Waals surface area (Å²) >= 11 is 7.83. The molecule has 2 aromatic rings. The van der Waals surface area contributed by atoms with Crippen molar-refractivity contribution in [3.05, 3.63) is 46.6 Å². The Kier molecular flexibility index (Phi) is 4.35. The molecular weight excluding hydrogens is 368 g/mol. The van der Waals surface area contributed by atoms with Crippen molar-refractivity contribution < 1.29 is 4.79 Å². The third kappa shape index (κ3) is 3.05. The van der Waals surface area contributed by atoms with Gasteiger partial charge in [0.1, 0.15) is 5.78 Å². The minimum Gasteiger partial charge on any atom is -0.328 e. The van der Waals surface area contributed by atoms with Crippen LogP contribution in [0.15, 0.2) is 41.2 Å². The van der Waals surface area contributed by atoms with Gasteiger partial charge < -0.3 is 5.32 Å². The Hall–Kier alpha value is -1.79. The quantitative estimate of drug-likeness (QED) is 0.781. The van der Waals surface area contributed by atoms with E-state index in [0.717, 1.165) is 17.0 Å². The van der Waals surface area contributed by atoms with Crippen molar-refractivity contribution in [1.29, 1.82) is 0 Å². The Balaban J connectivity index is 1.90. The second kappa shape index (κ2) is 6.43. The van der Waals surface area contributed by atoms with Crippen molar-refractivity contribution in [3.63, 3.8) is 0 Å². The summed E-state index contributed by atoms with van der Waals surface area (Å²) in [5.41, 5.74) is 1.73. The van der Waals surface area contributed by atoms with Crippen molar-refractivity contribution in [3.8, 4) is 0 Å². The summed E-state index contributed by atoms with van der Waals surface area (Å²) in [5.74, 6) is 1.49. The van der Waals surface area contributed by atoms with Crippen LogP contribution in [0.25, 0.3) is 0 Å². The second-order valence-corrected chi connectivity index (χ2v) is 9.10. The molecule has 0 fully saturated rings. The van der Waals surface area contributed by atoms with E-state index in [0.29, 0.717) is 22.5 Å². The molecule has 5 nitrogen and oxygen atoms in total. The monoisotopic (exact) mass is 388 g/mol. The molecule has 0 unspecified atom stereocenters. The van der Waals surface area contributed by atoms with Gasteiger partial charge in [-0.1, -0.05) is 62.3 Å². The van der Waals surface area contributed by atoms with E-state index in [4.69, 9.17) is 11.6 Å². The topological polar surface area (TPSA) is 59.8 Å². The molecule has 0 amide bonds. The van der Waals surface area contributed by atoms with Crippen molar-refractivity contribution in [2.75, 3.05) is 11.1 Å². The zero-order chi connectivity index (χ0) is 18.5. The van der Waals surface area contributed by atoms with Crippen molar-refractivity contribution >= 4 is 35.1 Å². The van der Waals surface area contributed by atoms with E-state index in [1.165, 1.54) is 0 Å². The molecule has 136 valence electrons. The lowest BCUT2D eigenvalue weighted by molar-refractivity contribution is -0.125. The zero-order valence-electron chi connectivity index (χ0n) is 15.0. The van der Waals surface area contributed by atoms with Crippen LogP contribution in [0.1, 0.15) is 38.8 Å². The van der Waals surface area contributed by atoms with Gasteiger partial charge in [0, 0.05) is 17.1 Å². The molecule has 26 heavy (non-hydrogen) atoms. The van der Waals surface area contributed by atoms with Gasteiger partial charge in [-0.2, -0.15) is 4.98 Å². The van der Waals surface area contributed by atoms with Crippen molar-refractivity contribution in [2.24, 2.45) is 11.3 Å². The molecule has 1 aromatic heterocycles. The lowest BCUT2D eigenvalue weighted by Crippen LogP contribution is -2.42. The van der Waals surface area contributed by atoms with Crippen LogP contribution in [0, 0.1) is 11.3 Å². The van der Waals surface area contributed by atoms with Gasteiger partial charge in [0.2, 0.25) is 11.1 Å². The van der Waals surface area contributed by atoms with Gasteiger partial charge in [-0.05, 0) is 28.9 Å². The number of fused-ring (bicyclic) bond motifs is 2. The van der Waals surface area contributed by atoms with Crippen LogP contribution < -0.4 is 5.32 Å². The standard InChI is InChI=1S/C19H21ClN4OS/c1-4-26-18-22-17-21-13-9-19(2,3)10-14(25)15(13)16(24(17)23-18)11-6-5-7-12(20)8-11/h5-9,15-16H,4,10H2,1-3H3,(H,21,22,23)/t15-,16+/m0/s1. The Labute approximate surface area is 162 Å². The Morgan fingerprint density at radius 1 is 1.42 bits per heavy atom. The number of halogens is 1. The minimum absolute atomic E-state index is 0.169. The number of hydrogen-bond donors (Lipinski definition) is 1. The predicted molar refractivity (Wildman–Crippen MR) is 105 cm³/mol. The summed E-state index contributed by atoms with van der Waals surface area (Å²) in [4.78, 5) is 17.7. The van der Waals surface area contributed by atoms with E-state index in [9.17, 15) is 4.79 Å². The second-order valence-electron chi connectivity index (χ2n) is 7.43. The number of aromatic nitrogens is 3. The fraction of sp³-hybridized carbons (Fsp3) is 0.421. The Morgan fingerprint density at radius 3 is 2.96 bits per heavy atom. The molecule has 0 bridgehead atoms. The summed E-state index contributed by atoms with van der Waals surface area (Å²) in [6.45, 7) is 6.24. The van der Waals surface area contributed by atoms with Gasteiger partial charge in [0.15, 0.2) is 0 Å². The molecule has 7 heteroatoms. The van der Waals surface area contributed by atoms with Crippen LogP contribution in [0.2, 0.25) is 5.02 Å². The van der Waals surface area contributed by atoms with Gasteiger partial charge in [0.25, 0.3) is 0 Å². The molecule has 0 spiro atoms. The highest BCUT2D eigenvalue weighted by molar-refractivity contribution is 7.99. The highest BCUT2D eigenvalue weighted by atomic mass is 35.5. The van der Waals surface area contributed by atoms with Crippen LogP contribution in [0.3, 0.4) is 0 Å². The number of rotatable bonds is 3. The number of carbonyl (C=O) groups excluding carboxylic acids is 1. The number of carbonyl (C=O) groups is 1. The zero-order valence-corrected chi connectivity index (χ0v) is 16.6. The number of nitrogens with zero attached hydrogens (tertiary/aromatic N) is 3. The normalized spacial score (nSPS) is 23.7. The molecular formula is C19H21ClN4OS. The largest absolute Gasteiger partial charge is 0.328 e. The summed E-state index contributed by atoms with van der Waals surface area (Å²) in [6, 6.07) is 7.44.